The highest BCUT2D eigenvalue weighted by Gasteiger charge is 2.43. The number of nitrogens with zero attached hydrogens (tertiary/aromatic N) is 4. The minimum Gasteiger partial charge on any atom is -0.351 e. The SMILES string of the molecule is CN[C@H](C(=O)N[C@H](C(=O)N(C)C/C=C(\C)C(=O)NCCSSCCNC(=O)/C(C)=C/CN(C)C(=O)[C@@H](NC(=O)[C@@H](NC)C(C)(C)c1cc2ccccc2n1C)C(C)(C)C)C(C)(C)C)C(C)(C)c1cn(C)c2ccccc12. The molecule has 2 heterocycles. The van der Waals surface area contributed by atoms with Crippen LogP contribution in [0.15, 0.2) is 84.1 Å². The third-order valence-electron chi connectivity index (χ3n) is 14.4. The van der Waals surface area contributed by atoms with Crippen LogP contribution in [-0.2, 0) is 53.7 Å². The molecule has 76 heavy (non-hydrogen) atoms. The van der Waals surface area contributed by atoms with Crippen molar-refractivity contribution in [3.63, 3.8) is 0 Å². The minimum atomic E-state index is -0.826. The molecular formula is C58H88N10O6S2. The predicted molar refractivity (Wildman–Crippen MR) is 314 cm³/mol. The lowest BCUT2D eigenvalue weighted by Crippen LogP contribution is -2.61. The molecule has 418 valence electrons. The van der Waals surface area contributed by atoms with Gasteiger partial charge in [-0.15, -0.1) is 0 Å². The first kappa shape index (κ1) is 63.0. The van der Waals surface area contributed by atoms with Gasteiger partial charge in [0.15, 0.2) is 0 Å². The van der Waals surface area contributed by atoms with Gasteiger partial charge in [0.1, 0.15) is 12.1 Å². The molecule has 0 bridgehead atoms. The summed E-state index contributed by atoms with van der Waals surface area (Å²) in [6, 6.07) is 15.4. The number of nitrogens with one attached hydrogen (secondary N) is 6. The quantitative estimate of drug-likeness (QED) is 0.0240. The number of carbonyl (C=O) groups excluding carboxylic acids is 6. The van der Waals surface area contributed by atoms with E-state index in [0.717, 1.165) is 33.1 Å². The number of carbonyl (C=O) groups is 6. The number of aryl methyl sites for hydroxylation is 2. The van der Waals surface area contributed by atoms with Crippen molar-refractivity contribution in [3.05, 3.63) is 95.3 Å². The predicted octanol–water partition coefficient (Wildman–Crippen LogP) is 6.59. The first-order chi connectivity index (χ1) is 35.4. The number of likely N-dealkylation sites (N-methyl/N-ethyl adjacent to an activating group) is 4. The lowest BCUT2D eigenvalue weighted by Gasteiger charge is -2.38. The highest BCUT2D eigenvalue weighted by atomic mass is 33.1. The van der Waals surface area contributed by atoms with Crippen LogP contribution in [-0.4, -0.2) is 144 Å². The van der Waals surface area contributed by atoms with Gasteiger partial charge in [0.25, 0.3) is 0 Å². The van der Waals surface area contributed by atoms with Crippen LogP contribution in [0.2, 0.25) is 0 Å². The Balaban J connectivity index is 1.19. The Morgan fingerprint density at radius 2 is 1.03 bits per heavy atom. The Bertz CT molecular complexity index is 2760. The van der Waals surface area contributed by atoms with Crippen molar-refractivity contribution in [1.29, 1.82) is 0 Å². The second kappa shape index (κ2) is 26.7. The number of hydrogen-bond donors (Lipinski definition) is 6. The van der Waals surface area contributed by atoms with E-state index in [9.17, 15) is 28.8 Å². The number of fused-ring (bicyclic) bond motifs is 2. The van der Waals surface area contributed by atoms with Crippen LogP contribution in [0.1, 0.15) is 94.3 Å². The maximum absolute atomic E-state index is 14.1. The smallest absolute Gasteiger partial charge is 0.246 e. The van der Waals surface area contributed by atoms with Crippen molar-refractivity contribution in [2.45, 2.75) is 118 Å². The van der Waals surface area contributed by atoms with Gasteiger partial charge in [-0.1, -0.05) is 139 Å². The fourth-order valence-electron chi connectivity index (χ4n) is 9.62. The summed E-state index contributed by atoms with van der Waals surface area (Å²) in [5.41, 5.74) is 2.63. The van der Waals surface area contributed by atoms with Crippen molar-refractivity contribution in [3.8, 4) is 0 Å². The zero-order valence-corrected chi connectivity index (χ0v) is 50.2. The Labute approximate surface area is 460 Å². The number of hydrogen-bond acceptors (Lipinski definition) is 10. The summed E-state index contributed by atoms with van der Waals surface area (Å²) < 4.78 is 4.17. The molecule has 0 spiro atoms. The second-order valence-corrected chi connectivity index (χ2v) is 25.9. The highest BCUT2D eigenvalue weighted by Crippen LogP contribution is 2.36. The summed E-state index contributed by atoms with van der Waals surface area (Å²) in [6.07, 6.45) is 5.49. The van der Waals surface area contributed by atoms with E-state index < -0.39 is 45.8 Å². The first-order valence-electron chi connectivity index (χ1n) is 26.1. The van der Waals surface area contributed by atoms with Crippen LogP contribution in [0, 0.1) is 10.8 Å². The maximum atomic E-state index is 14.1. The van der Waals surface area contributed by atoms with Gasteiger partial charge in [-0.25, -0.2) is 0 Å². The molecule has 4 aromatic rings. The molecule has 4 rings (SSSR count). The molecule has 2 aromatic carbocycles. The topological polar surface area (TPSA) is 191 Å². The third kappa shape index (κ3) is 15.6. The number of amides is 6. The lowest BCUT2D eigenvalue weighted by molar-refractivity contribution is -0.139. The molecule has 4 atom stereocenters. The molecular weight excluding hydrogens is 997 g/mol. The fourth-order valence-corrected chi connectivity index (χ4v) is 11.4. The van der Waals surface area contributed by atoms with Crippen LogP contribution in [0.25, 0.3) is 21.8 Å². The highest BCUT2D eigenvalue weighted by molar-refractivity contribution is 8.76. The zero-order chi connectivity index (χ0) is 57.1. The summed E-state index contributed by atoms with van der Waals surface area (Å²) in [7, 11) is 14.0. The molecule has 2 aromatic heterocycles. The largest absolute Gasteiger partial charge is 0.351 e. The van der Waals surface area contributed by atoms with Gasteiger partial charge >= 0.3 is 0 Å². The molecule has 0 saturated carbocycles. The summed E-state index contributed by atoms with van der Waals surface area (Å²) >= 11 is 0. The molecule has 0 aliphatic rings. The van der Waals surface area contributed by atoms with Gasteiger partial charge in [0.05, 0.1) is 12.1 Å². The van der Waals surface area contributed by atoms with Crippen molar-refractivity contribution < 1.29 is 28.8 Å². The van der Waals surface area contributed by atoms with Gasteiger partial charge in [-0.05, 0) is 67.9 Å². The number of benzene rings is 2. The Hall–Kier alpha value is -5.56. The molecule has 0 unspecified atom stereocenters. The first-order valence-corrected chi connectivity index (χ1v) is 28.6. The fraction of sp³-hybridized carbons (Fsp3) is 0.552. The van der Waals surface area contributed by atoms with Crippen molar-refractivity contribution in [1.82, 2.24) is 50.8 Å². The summed E-state index contributed by atoms with van der Waals surface area (Å²) in [5.74, 6) is -0.276. The molecule has 0 fully saturated rings. The summed E-state index contributed by atoms with van der Waals surface area (Å²) in [5, 5.41) is 20.6. The molecule has 0 saturated heterocycles. The van der Waals surface area contributed by atoms with Crippen molar-refractivity contribution >= 4 is 78.8 Å². The molecule has 0 radical (unpaired) electrons. The van der Waals surface area contributed by atoms with Gasteiger partial charge in [0, 0.05) is 116 Å². The lowest BCUT2D eigenvalue weighted by atomic mass is 9.76. The molecule has 0 aliphatic heterocycles. The minimum absolute atomic E-state index is 0.180. The van der Waals surface area contributed by atoms with E-state index in [0.29, 0.717) is 35.7 Å². The average Bonchev–Trinajstić information content (AvgIpc) is 3.89. The Kier molecular flexibility index (Phi) is 22.1. The summed E-state index contributed by atoms with van der Waals surface area (Å²) in [4.78, 5) is 85.0. The van der Waals surface area contributed by atoms with E-state index in [-0.39, 0.29) is 48.5 Å². The van der Waals surface area contributed by atoms with E-state index in [1.54, 1.807) is 75.8 Å². The van der Waals surface area contributed by atoms with Gasteiger partial charge < -0.3 is 50.8 Å². The number of aromatic nitrogens is 2. The molecule has 18 heteroatoms. The number of rotatable bonds is 25. The van der Waals surface area contributed by atoms with Crippen LogP contribution in [0.3, 0.4) is 0 Å². The van der Waals surface area contributed by atoms with E-state index >= 15 is 0 Å². The van der Waals surface area contributed by atoms with Crippen LogP contribution < -0.4 is 31.9 Å². The van der Waals surface area contributed by atoms with Crippen molar-refractivity contribution in [2.24, 2.45) is 24.9 Å². The van der Waals surface area contributed by atoms with Gasteiger partial charge in [-0.2, -0.15) is 0 Å². The monoisotopic (exact) mass is 1080 g/mol. The molecule has 0 aliphatic carbocycles. The van der Waals surface area contributed by atoms with E-state index in [1.807, 2.05) is 108 Å². The molecule has 16 nitrogen and oxygen atoms in total. The maximum Gasteiger partial charge on any atom is 0.246 e. The Morgan fingerprint density at radius 1 is 0.605 bits per heavy atom. The third-order valence-corrected chi connectivity index (χ3v) is 16.8. The molecule has 6 amide bonds. The normalized spacial score (nSPS) is 14.4. The second-order valence-electron chi connectivity index (χ2n) is 23.2. The number of para-hydroxylation sites is 2. The van der Waals surface area contributed by atoms with Crippen molar-refractivity contribution in [2.75, 3.05) is 65.9 Å². The molecule has 6 N–H and O–H groups in total. The van der Waals surface area contributed by atoms with Gasteiger partial charge in [0.2, 0.25) is 35.4 Å². The summed E-state index contributed by atoms with van der Waals surface area (Å²) in [6.45, 7) is 24.3. The van der Waals surface area contributed by atoms with Gasteiger partial charge in [-0.3, -0.25) is 28.8 Å². The Morgan fingerprint density at radius 3 is 1.46 bits per heavy atom. The van der Waals surface area contributed by atoms with E-state index in [1.165, 1.54) is 9.80 Å². The van der Waals surface area contributed by atoms with Crippen LogP contribution in [0.5, 0.6) is 0 Å². The van der Waals surface area contributed by atoms with Crippen LogP contribution >= 0.6 is 21.6 Å². The zero-order valence-electron chi connectivity index (χ0n) is 48.5. The van der Waals surface area contributed by atoms with Crippen LogP contribution in [0.4, 0.5) is 0 Å². The average molecular weight is 1090 g/mol. The van der Waals surface area contributed by atoms with E-state index in [2.05, 4.69) is 77.6 Å². The van der Waals surface area contributed by atoms with E-state index in [4.69, 9.17) is 0 Å². The standard InChI is InChI=1S/C58H88N10O6S2/c1-37(27-31-65(15)53(73)47(55(3,4)5)63-51(71)45(59-13)57(9,10)41-36-67(17)43-26-22-20-24-40(41)43)49(69)61-29-33-75-76-34-30-62-50(70)38(2)28-32-66(16)54(74)48(56(6,7)8)64-52(72)46(60-14)58(11,12)44-35-39-23-19-21-25-42(39)68(44)18/h19-28,35-36,45-48,59-60H,29-34H2,1-18H3,(H,61,69)(H,62,70)(H,63,71)(H,64,72)/b37-27+,38-28+/t45-,46-,47-,48-/m1/s1.